The third kappa shape index (κ3) is 5.82. The van der Waals surface area contributed by atoms with Crippen molar-refractivity contribution in [3.8, 4) is 0 Å². The van der Waals surface area contributed by atoms with Gasteiger partial charge in [0.1, 0.15) is 0 Å². The van der Waals surface area contributed by atoms with Crippen LogP contribution in [0.3, 0.4) is 0 Å². The van der Waals surface area contributed by atoms with Gasteiger partial charge in [-0.25, -0.2) is 4.79 Å². The van der Waals surface area contributed by atoms with Crippen molar-refractivity contribution in [2.75, 3.05) is 0 Å². The van der Waals surface area contributed by atoms with E-state index >= 15 is 0 Å². The first kappa shape index (κ1) is 16.6. The van der Waals surface area contributed by atoms with Crippen molar-refractivity contribution in [1.82, 2.24) is 0 Å². The van der Waals surface area contributed by atoms with Gasteiger partial charge in [0.25, 0.3) is 0 Å². The lowest BCUT2D eigenvalue weighted by Crippen LogP contribution is -2.38. The highest BCUT2D eigenvalue weighted by Crippen LogP contribution is 2.15. The Morgan fingerprint density at radius 3 is 1.94 bits per heavy atom. The van der Waals surface area contributed by atoms with E-state index in [1.807, 2.05) is 0 Å². The maximum Gasteiger partial charge on any atom is 0.336 e. The van der Waals surface area contributed by atoms with Crippen molar-refractivity contribution < 1.29 is 24.2 Å². The summed E-state index contributed by atoms with van der Waals surface area (Å²) in [7, 11) is 0. The molecule has 0 bridgehead atoms. The van der Waals surface area contributed by atoms with Gasteiger partial charge >= 0.3 is 11.9 Å². The number of hydrogen-bond donors (Lipinski definition) is 1. The summed E-state index contributed by atoms with van der Waals surface area (Å²) in [5.74, 6) is -2.42. The van der Waals surface area contributed by atoms with Crippen molar-refractivity contribution >= 4 is 11.9 Å². The minimum Gasteiger partial charge on any atom is -0.463 e. The van der Waals surface area contributed by atoms with Gasteiger partial charge in [-0.05, 0) is 34.1 Å². The predicted octanol–water partition coefficient (Wildman–Crippen LogP) is 1.44. The smallest absolute Gasteiger partial charge is 0.336 e. The summed E-state index contributed by atoms with van der Waals surface area (Å²) < 4.78 is 9.85. The molecule has 0 aliphatic heterocycles. The molecule has 5 nitrogen and oxygen atoms in total. The van der Waals surface area contributed by atoms with Crippen LogP contribution in [0.15, 0.2) is 12.7 Å². The summed E-state index contributed by atoms with van der Waals surface area (Å²) in [4.78, 5) is 23.3. The molecule has 104 valence electrons. The van der Waals surface area contributed by atoms with Gasteiger partial charge in [0.2, 0.25) is 0 Å². The Bertz CT molecular complexity index is 296. The van der Waals surface area contributed by atoms with Crippen molar-refractivity contribution in [2.24, 2.45) is 5.92 Å². The first-order valence-electron chi connectivity index (χ1n) is 5.99. The Labute approximate surface area is 108 Å². The van der Waals surface area contributed by atoms with E-state index in [1.54, 1.807) is 27.7 Å². The van der Waals surface area contributed by atoms with Crippen molar-refractivity contribution in [2.45, 2.75) is 52.4 Å². The largest absolute Gasteiger partial charge is 0.463 e. The van der Waals surface area contributed by atoms with Crippen LogP contribution in [-0.2, 0) is 19.1 Å². The molecule has 0 unspecified atom stereocenters. The maximum absolute atomic E-state index is 11.7. The molecule has 0 spiro atoms. The molecule has 0 aromatic rings. The molecule has 0 heterocycles. The Morgan fingerprint density at radius 1 is 1.11 bits per heavy atom. The first-order valence-corrected chi connectivity index (χ1v) is 5.99. The lowest BCUT2D eigenvalue weighted by Gasteiger charge is -2.21. The van der Waals surface area contributed by atoms with E-state index in [0.717, 1.165) is 0 Å². The molecule has 0 aliphatic carbocycles. The Kier molecular flexibility index (Phi) is 7.27. The van der Waals surface area contributed by atoms with Crippen LogP contribution in [0, 0.1) is 5.92 Å². The average Bonchev–Trinajstić information content (AvgIpc) is 2.22. The highest BCUT2D eigenvalue weighted by Gasteiger charge is 2.34. The summed E-state index contributed by atoms with van der Waals surface area (Å²) in [6.45, 7) is 10.2. The molecule has 0 fully saturated rings. The van der Waals surface area contributed by atoms with Crippen LogP contribution in [-0.4, -0.2) is 35.4 Å². The van der Waals surface area contributed by atoms with E-state index in [9.17, 15) is 14.7 Å². The van der Waals surface area contributed by atoms with Crippen molar-refractivity contribution in [1.29, 1.82) is 0 Å². The standard InChI is InChI=1S/C13H22O5/c1-6-7-10(12(15)17-8(2)3)11(14)13(16)18-9(4)5/h6,8-11,14H,1,7H2,2-5H3/t10-,11-/m0/s1. The summed E-state index contributed by atoms with van der Waals surface area (Å²) in [6.07, 6.45) is -0.578. The number of carbonyl (C=O) groups excluding carboxylic acids is 2. The van der Waals surface area contributed by atoms with Gasteiger partial charge in [0.05, 0.1) is 18.1 Å². The fourth-order valence-electron chi connectivity index (χ4n) is 1.32. The molecule has 0 saturated carbocycles. The lowest BCUT2D eigenvalue weighted by molar-refractivity contribution is -0.170. The number of ether oxygens (including phenoxy) is 2. The van der Waals surface area contributed by atoms with Crippen molar-refractivity contribution in [3.05, 3.63) is 12.7 Å². The quantitative estimate of drug-likeness (QED) is 0.552. The molecule has 0 aromatic carbocycles. The molecule has 0 aromatic heterocycles. The molecule has 0 saturated heterocycles. The summed E-state index contributed by atoms with van der Waals surface area (Å²) in [5.41, 5.74) is 0. The highest BCUT2D eigenvalue weighted by atomic mass is 16.6. The zero-order valence-electron chi connectivity index (χ0n) is 11.4. The fourth-order valence-corrected chi connectivity index (χ4v) is 1.32. The van der Waals surface area contributed by atoms with Gasteiger partial charge in [0.15, 0.2) is 6.10 Å². The third-order valence-corrected chi connectivity index (χ3v) is 2.05. The van der Waals surface area contributed by atoms with Crippen LogP contribution in [0.4, 0.5) is 0 Å². The summed E-state index contributed by atoms with van der Waals surface area (Å²) in [5, 5.41) is 9.82. The first-order chi connectivity index (χ1) is 8.29. The molecule has 5 heteroatoms. The monoisotopic (exact) mass is 258 g/mol. The third-order valence-electron chi connectivity index (χ3n) is 2.05. The van der Waals surface area contributed by atoms with Gasteiger partial charge in [-0.2, -0.15) is 0 Å². The van der Waals surface area contributed by atoms with E-state index in [0.29, 0.717) is 0 Å². The molecule has 0 radical (unpaired) electrons. The molecule has 0 amide bonds. The van der Waals surface area contributed by atoms with E-state index in [4.69, 9.17) is 9.47 Å². The Hall–Kier alpha value is -1.36. The number of esters is 2. The van der Waals surface area contributed by atoms with E-state index in [2.05, 4.69) is 6.58 Å². The van der Waals surface area contributed by atoms with Crippen LogP contribution >= 0.6 is 0 Å². The minimum atomic E-state index is -1.53. The van der Waals surface area contributed by atoms with E-state index < -0.39 is 24.0 Å². The second-order valence-corrected chi connectivity index (χ2v) is 4.55. The van der Waals surface area contributed by atoms with Gasteiger partial charge in [0, 0.05) is 0 Å². The number of aliphatic hydroxyl groups is 1. The summed E-state index contributed by atoms with van der Waals surface area (Å²) >= 11 is 0. The molecule has 1 N–H and O–H groups in total. The second-order valence-electron chi connectivity index (χ2n) is 4.55. The molecule has 0 aliphatic rings. The molecular formula is C13H22O5. The zero-order chi connectivity index (χ0) is 14.3. The molecular weight excluding hydrogens is 236 g/mol. The highest BCUT2D eigenvalue weighted by molar-refractivity contribution is 5.83. The normalized spacial score (nSPS) is 14.2. The van der Waals surface area contributed by atoms with Crippen LogP contribution in [0.25, 0.3) is 0 Å². The van der Waals surface area contributed by atoms with Gasteiger partial charge in [-0.1, -0.05) is 6.08 Å². The van der Waals surface area contributed by atoms with Crippen LogP contribution < -0.4 is 0 Å². The minimum absolute atomic E-state index is 0.153. The topological polar surface area (TPSA) is 72.8 Å². The fraction of sp³-hybridized carbons (Fsp3) is 0.692. The van der Waals surface area contributed by atoms with Gasteiger partial charge in [-0.3, -0.25) is 4.79 Å². The Balaban J connectivity index is 4.71. The van der Waals surface area contributed by atoms with Crippen molar-refractivity contribution in [3.63, 3.8) is 0 Å². The zero-order valence-corrected chi connectivity index (χ0v) is 11.4. The van der Waals surface area contributed by atoms with Gasteiger partial charge < -0.3 is 14.6 Å². The van der Waals surface area contributed by atoms with Crippen LogP contribution in [0.2, 0.25) is 0 Å². The van der Waals surface area contributed by atoms with Crippen LogP contribution in [0.5, 0.6) is 0 Å². The second kappa shape index (κ2) is 7.87. The lowest BCUT2D eigenvalue weighted by atomic mass is 9.98. The summed E-state index contributed by atoms with van der Waals surface area (Å²) in [6, 6.07) is 0. The number of aliphatic hydroxyl groups excluding tert-OH is 1. The molecule has 2 atom stereocenters. The Morgan fingerprint density at radius 2 is 1.56 bits per heavy atom. The number of allylic oxidation sites excluding steroid dienone is 1. The van der Waals surface area contributed by atoms with E-state index in [-0.39, 0.29) is 18.6 Å². The maximum atomic E-state index is 11.7. The SMILES string of the molecule is C=CC[C@H](C(=O)OC(C)C)[C@H](O)C(=O)OC(C)C. The molecule has 18 heavy (non-hydrogen) atoms. The average molecular weight is 258 g/mol. The van der Waals surface area contributed by atoms with Gasteiger partial charge in [-0.15, -0.1) is 6.58 Å². The number of rotatable bonds is 7. The van der Waals surface area contributed by atoms with E-state index in [1.165, 1.54) is 6.08 Å². The number of hydrogen-bond acceptors (Lipinski definition) is 5. The number of carbonyl (C=O) groups is 2. The van der Waals surface area contributed by atoms with Crippen LogP contribution in [0.1, 0.15) is 34.1 Å². The molecule has 0 rings (SSSR count). The predicted molar refractivity (Wildman–Crippen MR) is 66.8 cm³/mol.